The second-order valence-corrected chi connectivity index (χ2v) is 3.65. The molecular weight excluding hydrogens is 214 g/mol. The molecule has 0 bridgehead atoms. The van der Waals surface area contributed by atoms with Gasteiger partial charge in [-0.15, -0.1) is 0 Å². The van der Waals surface area contributed by atoms with E-state index >= 15 is 0 Å². The van der Waals surface area contributed by atoms with Crippen molar-refractivity contribution < 1.29 is 9.47 Å². The van der Waals surface area contributed by atoms with E-state index in [1.165, 1.54) is 0 Å². The van der Waals surface area contributed by atoms with E-state index < -0.39 is 0 Å². The number of para-hydroxylation sites is 1. The first kappa shape index (κ1) is 11.3. The van der Waals surface area contributed by atoms with Crippen molar-refractivity contribution in [3.8, 4) is 11.5 Å². The molecule has 2 rings (SSSR count). The van der Waals surface area contributed by atoms with Crippen LogP contribution < -0.4 is 15.2 Å². The van der Waals surface area contributed by atoms with E-state index in [-0.39, 0.29) is 0 Å². The third-order valence-corrected chi connectivity index (χ3v) is 2.48. The van der Waals surface area contributed by atoms with Gasteiger partial charge in [0.1, 0.15) is 23.8 Å². The maximum atomic E-state index is 5.91. The number of benzene rings is 2. The maximum Gasteiger partial charge on any atom is 0.146 e. The molecule has 2 aromatic carbocycles. The molecule has 0 saturated carbocycles. The van der Waals surface area contributed by atoms with Gasteiger partial charge in [-0.1, -0.05) is 36.4 Å². The molecule has 0 atom stereocenters. The third-order valence-electron chi connectivity index (χ3n) is 2.48. The van der Waals surface area contributed by atoms with Gasteiger partial charge in [-0.2, -0.15) is 0 Å². The minimum Gasteiger partial charge on any atom is -0.494 e. The lowest BCUT2D eigenvalue weighted by Gasteiger charge is -2.11. The topological polar surface area (TPSA) is 44.5 Å². The smallest absolute Gasteiger partial charge is 0.146 e. The Morgan fingerprint density at radius 2 is 1.65 bits per heavy atom. The zero-order valence-electron chi connectivity index (χ0n) is 9.72. The predicted octanol–water partition coefficient (Wildman–Crippen LogP) is 2.86. The number of nitrogen functional groups attached to an aromatic ring is 1. The Balaban J connectivity index is 2.09. The molecule has 2 aromatic rings. The summed E-state index contributed by atoms with van der Waals surface area (Å²) < 4.78 is 10.8. The van der Waals surface area contributed by atoms with E-state index in [0.717, 1.165) is 5.56 Å². The monoisotopic (exact) mass is 229 g/mol. The van der Waals surface area contributed by atoms with Crippen LogP contribution in [-0.2, 0) is 6.61 Å². The zero-order chi connectivity index (χ0) is 12.1. The van der Waals surface area contributed by atoms with Crippen LogP contribution in [0.15, 0.2) is 48.5 Å². The van der Waals surface area contributed by atoms with Gasteiger partial charge in [0, 0.05) is 0 Å². The highest BCUT2D eigenvalue weighted by molar-refractivity contribution is 5.62. The largest absolute Gasteiger partial charge is 0.494 e. The van der Waals surface area contributed by atoms with Gasteiger partial charge < -0.3 is 15.2 Å². The molecule has 0 radical (unpaired) electrons. The van der Waals surface area contributed by atoms with Crippen molar-refractivity contribution in [3.63, 3.8) is 0 Å². The Bertz CT molecular complexity index is 483. The standard InChI is InChI=1S/C14H15NO2/c1-16-12-8-5-9-13(14(12)15)17-10-11-6-3-2-4-7-11/h2-9H,10,15H2,1H3. The Morgan fingerprint density at radius 1 is 0.941 bits per heavy atom. The number of hydrogen-bond acceptors (Lipinski definition) is 3. The van der Waals surface area contributed by atoms with Crippen LogP contribution >= 0.6 is 0 Å². The van der Waals surface area contributed by atoms with Crippen molar-refractivity contribution in [1.29, 1.82) is 0 Å². The molecule has 0 aliphatic rings. The minimum absolute atomic E-state index is 0.498. The molecule has 0 aliphatic carbocycles. The second-order valence-electron chi connectivity index (χ2n) is 3.65. The summed E-state index contributed by atoms with van der Waals surface area (Å²) in [5.74, 6) is 1.28. The number of ether oxygens (including phenoxy) is 2. The maximum absolute atomic E-state index is 5.91. The Kier molecular flexibility index (Phi) is 3.50. The molecule has 0 unspecified atom stereocenters. The quantitative estimate of drug-likeness (QED) is 0.820. The van der Waals surface area contributed by atoms with Gasteiger partial charge in [-0.05, 0) is 17.7 Å². The number of rotatable bonds is 4. The van der Waals surface area contributed by atoms with E-state index in [2.05, 4.69) is 0 Å². The van der Waals surface area contributed by atoms with Crippen LogP contribution in [0.25, 0.3) is 0 Å². The van der Waals surface area contributed by atoms with Gasteiger partial charge >= 0.3 is 0 Å². The molecule has 88 valence electrons. The fourth-order valence-electron chi connectivity index (χ4n) is 1.56. The van der Waals surface area contributed by atoms with E-state index in [0.29, 0.717) is 23.8 Å². The van der Waals surface area contributed by atoms with Crippen LogP contribution in [0.4, 0.5) is 5.69 Å². The first-order valence-corrected chi connectivity index (χ1v) is 5.40. The molecule has 0 fully saturated rings. The van der Waals surface area contributed by atoms with E-state index in [4.69, 9.17) is 15.2 Å². The number of anilines is 1. The van der Waals surface area contributed by atoms with Crippen LogP contribution in [0.2, 0.25) is 0 Å². The van der Waals surface area contributed by atoms with Crippen molar-refractivity contribution in [1.82, 2.24) is 0 Å². The molecule has 3 heteroatoms. The fourth-order valence-corrected chi connectivity index (χ4v) is 1.56. The molecule has 0 saturated heterocycles. The van der Waals surface area contributed by atoms with Gasteiger partial charge in [0.2, 0.25) is 0 Å². The van der Waals surface area contributed by atoms with Crippen molar-refractivity contribution in [2.24, 2.45) is 0 Å². The summed E-state index contributed by atoms with van der Waals surface area (Å²) in [6.07, 6.45) is 0. The highest BCUT2D eigenvalue weighted by Crippen LogP contribution is 2.31. The molecule has 0 heterocycles. The lowest BCUT2D eigenvalue weighted by atomic mass is 10.2. The van der Waals surface area contributed by atoms with E-state index in [9.17, 15) is 0 Å². The van der Waals surface area contributed by atoms with Crippen LogP contribution in [0.5, 0.6) is 11.5 Å². The van der Waals surface area contributed by atoms with Crippen molar-refractivity contribution in [2.45, 2.75) is 6.61 Å². The lowest BCUT2D eigenvalue weighted by Crippen LogP contribution is -2.00. The first-order chi connectivity index (χ1) is 8.31. The van der Waals surface area contributed by atoms with Gasteiger partial charge in [0.15, 0.2) is 0 Å². The molecule has 3 nitrogen and oxygen atoms in total. The highest BCUT2D eigenvalue weighted by Gasteiger charge is 2.05. The van der Waals surface area contributed by atoms with Gasteiger partial charge in [-0.3, -0.25) is 0 Å². The Labute approximate surface area is 101 Å². The van der Waals surface area contributed by atoms with Crippen LogP contribution in [0.1, 0.15) is 5.56 Å². The zero-order valence-corrected chi connectivity index (χ0v) is 9.72. The summed E-state index contributed by atoms with van der Waals surface area (Å²) in [6.45, 7) is 0.498. The summed E-state index contributed by atoms with van der Waals surface area (Å²) in [5.41, 5.74) is 7.55. The van der Waals surface area contributed by atoms with Gasteiger partial charge in [0.25, 0.3) is 0 Å². The molecule has 0 aromatic heterocycles. The Morgan fingerprint density at radius 3 is 2.35 bits per heavy atom. The summed E-state index contributed by atoms with van der Waals surface area (Å²) in [4.78, 5) is 0. The van der Waals surface area contributed by atoms with Crippen LogP contribution in [0, 0.1) is 0 Å². The molecule has 0 spiro atoms. The number of methoxy groups -OCH3 is 1. The van der Waals surface area contributed by atoms with Crippen LogP contribution in [-0.4, -0.2) is 7.11 Å². The minimum atomic E-state index is 0.498. The van der Waals surface area contributed by atoms with Crippen molar-refractivity contribution >= 4 is 5.69 Å². The summed E-state index contributed by atoms with van der Waals surface area (Å²) in [7, 11) is 1.59. The normalized spacial score (nSPS) is 9.94. The molecule has 0 amide bonds. The SMILES string of the molecule is COc1cccc(OCc2ccccc2)c1N. The Hall–Kier alpha value is -2.16. The van der Waals surface area contributed by atoms with Crippen LogP contribution in [0.3, 0.4) is 0 Å². The lowest BCUT2D eigenvalue weighted by molar-refractivity contribution is 0.306. The number of hydrogen-bond donors (Lipinski definition) is 1. The predicted molar refractivity (Wildman–Crippen MR) is 68.2 cm³/mol. The highest BCUT2D eigenvalue weighted by atomic mass is 16.5. The van der Waals surface area contributed by atoms with Gasteiger partial charge in [0.05, 0.1) is 7.11 Å². The molecule has 2 N–H and O–H groups in total. The average Bonchev–Trinajstić information content (AvgIpc) is 2.39. The summed E-state index contributed by atoms with van der Waals surface area (Å²) in [5, 5.41) is 0. The second kappa shape index (κ2) is 5.25. The van der Waals surface area contributed by atoms with Gasteiger partial charge in [-0.25, -0.2) is 0 Å². The molecule has 17 heavy (non-hydrogen) atoms. The van der Waals surface area contributed by atoms with E-state index in [1.807, 2.05) is 48.5 Å². The molecule has 0 aliphatic heterocycles. The fraction of sp³-hybridized carbons (Fsp3) is 0.143. The average molecular weight is 229 g/mol. The third kappa shape index (κ3) is 2.69. The first-order valence-electron chi connectivity index (χ1n) is 5.40. The number of nitrogens with two attached hydrogens (primary N) is 1. The summed E-state index contributed by atoms with van der Waals surface area (Å²) >= 11 is 0. The molecular formula is C14H15NO2. The summed E-state index contributed by atoms with van der Waals surface area (Å²) in [6, 6.07) is 15.5. The van der Waals surface area contributed by atoms with E-state index in [1.54, 1.807) is 7.11 Å². The van der Waals surface area contributed by atoms with Crippen molar-refractivity contribution in [3.05, 3.63) is 54.1 Å². The van der Waals surface area contributed by atoms with Crippen molar-refractivity contribution in [2.75, 3.05) is 12.8 Å².